The Kier molecular flexibility index (Phi) is 5.62. The van der Waals surface area contributed by atoms with Crippen molar-refractivity contribution in [3.63, 3.8) is 0 Å². The lowest BCUT2D eigenvalue weighted by Crippen LogP contribution is -2.22. The minimum Gasteiger partial charge on any atom is -0.484 e. The Balaban J connectivity index is 1.20. The van der Waals surface area contributed by atoms with Crippen LogP contribution in [0, 0.1) is 35.3 Å². The number of rotatable bonds is 6. The van der Waals surface area contributed by atoms with Gasteiger partial charge in [-0.3, -0.25) is 4.79 Å². The van der Waals surface area contributed by atoms with Crippen molar-refractivity contribution in [1.82, 2.24) is 4.98 Å². The lowest BCUT2D eigenvalue weighted by molar-refractivity contribution is -0.130. The maximum Gasteiger partial charge on any atom is 0.396 e. The van der Waals surface area contributed by atoms with Gasteiger partial charge in [-0.25, -0.2) is 8.78 Å². The van der Waals surface area contributed by atoms with Crippen molar-refractivity contribution in [2.45, 2.75) is 38.0 Å². The van der Waals surface area contributed by atoms with Gasteiger partial charge in [0.15, 0.2) is 23.1 Å². The first-order chi connectivity index (χ1) is 17.1. The van der Waals surface area contributed by atoms with Crippen molar-refractivity contribution in [3.8, 4) is 5.75 Å². The lowest BCUT2D eigenvalue weighted by Gasteiger charge is -2.17. The van der Waals surface area contributed by atoms with Gasteiger partial charge in [-0.1, -0.05) is 0 Å². The van der Waals surface area contributed by atoms with Crippen LogP contribution in [0.15, 0.2) is 16.5 Å². The molecule has 4 fully saturated rings. The largest absolute Gasteiger partial charge is 0.484 e. The molecule has 1 aromatic heterocycles. The number of oxazole rings is 1. The number of carbonyl (C=O) groups is 1. The third-order valence-electron chi connectivity index (χ3n) is 7.51. The van der Waals surface area contributed by atoms with Crippen LogP contribution in [0.25, 0.3) is 0 Å². The fourth-order valence-corrected chi connectivity index (χ4v) is 5.65. The number of hydrogen-bond donors (Lipinski definition) is 1. The number of alkyl halides is 3. The van der Waals surface area contributed by atoms with Crippen LogP contribution in [0.5, 0.6) is 5.75 Å². The molecule has 4 aliphatic rings. The van der Waals surface area contributed by atoms with Gasteiger partial charge in [-0.05, 0) is 31.1 Å². The summed E-state index contributed by atoms with van der Waals surface area (Å²) in [5.41, 5.74) is -0.853. The zero-order chi connectivity index (χ0) is 25.2. The average Bonchev–Trinajstić information content (AvgIpc) is 3.22. The van der Waals surface area contributed by atoms with Crippen molar-refractivity contribution < 1.29 is 40.6 Å². The zero-order valence-electron chi connectivity index (χ0n) is 19.1. The monoisotopic (exact) mass is 513 g/mol. The average molecular weight is 513 g/mol. The molecule has 3 heterocycles. The lowest BCUT2D eigenvalue weighted by atomic mass is 10.0. The topological polar surface area (TPSA) is 76.8 Å². The number of nitrogens with one attached hydrogen (secondary N) is 1. The maximum absolute atomic E-state index is 14.6. The van der Waals surface area contributed by atoms with E-state index < -0.39 is 47.3 Å². The summed E-state index contributed by atoms with van der Waals surface area (Å²) >= 11 is 0. The third kappa shape index (κ3) is 4.62. The minimum absolute atomic E-state index is 0.0930. The summed E-state index contributed by atoms with van der Waals surface area (Å²) < 4.78 is 85.1. The van der Waals surface area contributed by atoms with E-state index in [0.29, 0.717) is 38.1 Å². The first kappa shape index (κ1) is 23.5. The van der Waals surface area contributed by atoms with E-state index in [1.54, 1.807) is 4.90 Å². The Bertz CT molecular complexity index is 1140. The number of halogens is 5. The number of hydrogen-bond acceptors (Lipinski definition) is 6. The number of anilines is 2. The van der Waals surface area contributed by atoms with Gasteiger partial charge in [-0.15, -0.1) is 0 Å². The summed E-state index contributed by atoms with van der Waals surface area (Å²) in [6.45, 7) is 2.06. The Hall–Kier alpha value is -2.89. The van der Waals surface area contributed by atoms with E-state index in [0.717, 1.165) is 31.4 Å². The van der Waals surface area contributed by atoms with Crippen LogP contribution in [0.2, 0.25) is 0 Å². The summed E-state index contributed by atoms with van der Waals surface area (Å²) in [7, 11) is 0. The number of aromatic nitrogens is 1. The quantitative estimate of drug-likeness (QED) is 0.571. The maximum atomic E-state index is 14.6. The van der Waals surface area contributed by atoms with E-state index in [9.17, 15) is 26.7 Å². The highest BCUT2D eigenvalue weighted by Crippen LogP contribution is 2.52. The molecule has 2 saturated heterocycles. The standard InChI is InChI=1S/C24H24F5N3O4/c25-17-4-15(5-18(26)21(17)35-16-2-11-1-12(11)3-16)30-22(33)20-19(6-24(27,28)29)36-23(31-20)32-7-13-9-34-10-14(13)8-32/h4-5,11-14,16H,1-3,6-10H2,(H,30,33). The molecule has 6 rings (SSSR count). The number of benzene rings is 1. The molecule has 4 unspecified atom stereocenters. The van der Waals surface area contributed by atoms with Gasteiger partial charge in [0.05, 0.1) is 19.3 Å². The molecule has 4 atom stereocenters. The Morgan fingerprint density at radius 1 is 1.06 bits per heavy atom. The fraction of sp³-hybridized carbons (Fsp3) is 0.583. The molecule has 0 radical (unpaired) electrons. The van der Waals surface area contributed by atoms with E-state index >= 15 is 0 Å². The number of carbonyl (C=O) groups excluding carboxylic acids is 1. The summed E-state index contributed by atoms with van der Waals surface area (Å²) in [6.07, 6.45) is -3.78. The van der Waals surface area contributed by atoms with E-state index in [1.807, 2.05) is 0 Å². The second-order valence-corrected chi connectivity index (χ2v) is 10.2. The number of ether oxygens (including phenoxy) is 2. The van der Waals surface area contributed by atoms with E-state index in [-0.39, 0.29) is 29.6 Å². The van der Waals surface area contributed by atoms with Crippen LogP contribution < -0.4 is 15.0 Å². The molecule has 2 aromatic rings. The highest BCUT2D eigenvalue weighted by Gasteiger charge is 2.47. The Morgan fingerprint density at radius 2 is 1.69 bits per heavy atom. The van der Waals surface area contributed by atoms with Gasteiger partial charge in [-0.2, -0.15) is 18.2 Å². The molecule has 2 saturated carbocycles. The first-order valence-corrected chi connectivity index (χ1v) is 12.0. The molecule has 1 N–H and O–H groups in total. The van der Waals surface area contributed by atoms with Crippen LogP contribution in [0.4, 0.5) is 33.7 Å². The van der Waals surface area contributed by atoms with Crippen molar-refractivity contribution >= 4 is 17.6 Å². The molecular weight excluding hydrogens is 489 g/mol. The number of amides is 1. The highest BCUT2D eigenvalue weighted by atomic mass is 19.4. The highest BCUT2D eigenvalue weighted by molar-refractivity contribution is 6.03. The van der Waals surface area contributed by atoms with Gasteiger partial charge in [0.1, 0.15) is 12.2 Å². The van der Waals surface area contributed by atoms with E-state index in [2.05, 4.69) is 10.3 Å². The summed E-state index contributed by atoms with van der Waals surface area (Å²) in [5.74, 6) is -2.72. The summed E-state index contributed by atoms with van der Waals surface area (Å²) in [4.78, 5) is 18.6. The van der Waals surface area contributed by atoms with Crippen molar-refractivity contribution in [1.29, 1.82) is 0 Å². The zero-order valence-corrected chi connectivity index (χ0v) is 19.1. The van der Waals surface area contributed by atoms with Gasteiger partial charge in [0.2, 0.25) is 0 Å². The summed E-state index contributed by atoms with van der Waals surface area (Å²) in [6, 6.07) is 1.65. The number of fused-ring (bicyclic) bond motifs is 2. The number of nitrogens with zero attached hydrogens (tertiary/aromatic N) is 2. The minimum atomic E-state index is -4.65. The molecule has 2 aliphatic heterocycles. The Morgan fingerprint density at radius 3 is 2.31 bits per heavy atom. The molecule has 0 bridgehead atoms. The molecular formula is C24H24F5N3O4. The Labute approximate surface area is 202 Å². The molecule has 2 aliphatic carbocycles. The van der Waals surface area contributed by atoms with Crippen LogP contribution in [0.3, 0.4) is 0 Å². The van der Waals surface area contributed by atoms with Gasteiger partial charge >= 0.3 is 6.18 Å². The molecule has 0 spiro atoms. The molecule has 12 heteroatoms. The molecule has 7 nitrogen and oxygen atoms in total. The van der Waals surface area contributed by atoms with E-state index in [4.69, 9.17) is 13.9 Å². The van der Waals surface area contributed by atoms with Gasteiger partial charge in [0.25, 0.3) is 11.9 Å². The molecule has 194 valence electrons. The van der Waals surface area contributed by atoms with Crippen LogP contribution in [0.1, 0.15) is 35.5 Å². The van der Waals surface area contributed by atoms with Crippen molar-refractivity contribution in [3.05, 3.63) is 35.2 Å². The van der Waals surface area contributed by atoms with Crippen LogP contribution >= 0.6 is 0 Å². The van der Waals surface area contributed by atoms with Crippen LogP contribution in [-0.2, 0) is 11.2 Å². The second-order valence-electron chi connectivity index (χ2n) is 10.2. The second kappa shape index (κ2) is 8.60. The van der Waals surface area contributed by atoms with Crippen LogP contribution in [-0.4, -0.2) is 49.5 Å². The predicted molar refractivity (Wildman–Crippen MR) is 116 cm³/mol. The molecule has 36 heavy (non-hydrogen) atoms. The van der Waals surface area contributed by atoms with E-state index in [1.165, 1.54) is 0 Å². The third-order valence-corrected chi connectivity index (χ3v) is 7.51. The fourth-order valence-electron chi connectivity index (χ4n) is 5.65. The van der Waals surface area contributed by atoms with Gasteiger partial charge in [0, 0.05) is 42.7 Å². The van der Waals surface area contributed by atoms with Crippen molar-refractivity contribution in [2.24, 2.45) is 23.7 Å². The molecule has 1 aromatic carbocycles. The SMILES string of the molecule is O=C(Nc1cc(F)c(OC2CC3CC3C2)c(F)c1)c1nc(N2CC3COCC3C2)oc1CC(F)(F)F. The first-order valence-electron chi connectivity index (χ1n) is 12.0. The normalized spacial score (nSPS) is 28.8. The summed E-state index contributed by atoms with van der Waals surface area (Å²) in [5, 5.41) is 2.24. The molecule has 1 amide bonds. The smallest absolute Gasteiger partial charge is 0.396 e. The van der Waals surface area contributed by atoms with Gasteiger partial charge < -0.3 is 24.1 Å². The van der Waals surface area contributed by atoms with Crippen molar-refractivity contribution in [2.75, 3.05) is 36.5 Å². The predicted octanol–water partition coefficient (Wildman–Crippen LogP) is 4.57.